The van der Waals surface area contributed by atoms with Gasteiger partial charge in [-0.1, -0.05) is 13.0 Å². The highest BCUT2D eigenvalue weighted by Crippen LogP contribution is 1.93. The normalized spacial score (nSPS) is 10.1. The molecule has 0 aliphatic carbocycles. The van der Waals surface area contributed by atoms with Crippen molar-refractivity contribution in [2.45, 2.75) is 26.3 Å². The molecule has 0 aliphatic rings. The first kappa shape index (κ1) is 12.6. The lowest BCUT2D eigenvalue weighted by Crippen LogP contribution is -2.26. The van der Waals surface area contributed by atoms with Crippen molar-refractivity contribution in [3.63, 3.8) is 0 Å². The fourth-order valence-electron chi connectivity index (χ4n) is 1.30. The molecule has 0 aliphatic heterocycles. The standard InChI is InChI=1S/C12H19N3O/c1-2-12(16)15-8-4-7-14-10-11-5-3-6-13-9-11/h3,5-6,9,14H,2,4,7-8,10H2,1H3,(H,15,16). The van der Waals surface area contributed by atoms with Crippen molar-refractivity contribution < 1.29 is 4.79 Å². The predicted molar refractivity (Wildman–Crippen MR) is 63.9 cm³/mol. The maximum atomic E-state index is 10.9. The Hall–Kier alpha value is -1.42. The largest absolute Gasteiger partial charge is 0.356 e. The van der Waals surface area contributed by atoms with Crippen molar-refractivity contribution in [2.75, 3.05) is 13.1 Å². The number of nitrogens with zero attached hydrogens (tertiary/aromatic N) is 1. The molecule has 0 radical (unpaired) electrons. The van der Waals surface area contributed by atoms with Crippen LogP contribution in [0.4, 0.5) is 0 Å². The van der Waals surface area contributed by atoms with Crippen molar-refractivity contribution >= 4 is 5.91 Å². The summed E-state index contributed by atoms with van der Waals surface area (Å²) in [6.07, 6.45) is 5.13. The van der Waals surface area contributed by atoms with Crippen LogP contribution in [0.25, 0.3) is 0 Å². The van der Waals surface area contributed by atoms with Gasteiger partial charge in [0.2, 0.25) is 5.91 Å². The summed E-state index contributed by atoms with van der Waals surface area (Å²) in [6, 6.07) is 3.97. The third kappa shape index (κ3) is 5.46. The topological polar surface area (TPSA) is 54.0 Å². The highest BCUT2D eigenvalue weighted by atomic mass is 16.1. The molecule has 1 amide bonds. The van der Waals surface area contributed by atoms with Crippen LogP contribution in [0.3, 0.4) is 0 Å². The molecular formula is C12H19N3O. The van der Waals surface area contributed by atoms with Gasteiger partial charge in [0.25, 0.3) is 0 Å². The van der Waals surface area contributed by atoms with E-state index in [-0.39, 0.29) is 5.91 Å². The Morgan fingerprint density at radius 2 is 2.31 bits per heavy atom. The van der Waals surface area contributed by atoms with Gasteiger partial charge in [-0.05, 0) is 24.6 Å². The van der Waals surface area contributed by atoms with Crippen LogP contribution < -0.4 is 10.6 Å². The highest BCUT2D eigenvalue weighted by Gasteiger charge is 1.95. The van der Waals surface area contributed by atoms with E-state index in [2.05, 4.69) is 15.6 Å². The summed E-state index contributed by atoms with van der Waals surface area (Å²) in [7, 11) is 0. The molecule has 88 valence electrons. The molecule has 0 bridgehead atoms. The number of hydrogen-bond donors (Lipinski definition) is 2. The van der Waals surface area contributed by atoms with Gasteiger partial charge in [0.15, 0.2) is 0 Å². The molecule has 0 fully saturated rings. The molecule has 0 saturated carbocycles. The van der Waals surface area contributed by atoms with E-state index < -0.39 is 0 Å². The van der Waals surface area contributed by atoms with E-state index in [9.17, 15) is 4.79 Å². The van der Waals surface area contributed by atoms with E-state index in [1.54, 1.807) is 6.20 Å². The number of nitrogens with one attached hydrogen (secondary N) is 2. The minimum Gasteiger partial charge on any atom is -0.356 e. The van der Waals surface area contributed by atoms with Crippen LogP contribution in [0.1, 0.15) is 25.3 Å². The van der Waals surface area contributed by atoms with Crippen LogP contribution in [0.2, 0.25) is 0 Å². The Kier molecular flexibility index (Phi) is 6.18. The number of amides is 1. The summed E-state index contributed by atoms with van der Waals surface area (Å²) >= 11 is 0. The second kappa shape index (κ2) is 7.82. The molecule has 2 N–H and O–H groups in total. The first-order chi connectivity index (χ1) is 7.83. The van der Waals surface area contributed by atoms with Crippen LogP contribution in [0.5, 0.6) is 0 Å². The van der Waals surface area contributed by atoms with E-state index >= 15 is 0 Å². The van der Waals surface area contributed by atoms with E-state index in [0.717, 1.165) is 26.1 Å². The Balaban J connectivity index is 1.98. The number of pyridine rings is 1. The maximum absolute atomic E-state index is 10.9. The average Bonchev–Trinajstić information content (AvgIpc) is 2.34. The fourth-order valence-corrected chi connectivity index (χ4v) is 1.30. The van der Waals surface area contributed by atoms with E-state index in [0.29, 0.717) is 6.42 Å². The molecule has 0 unspecified atom stereocenters. The summed E-state index contributed by atoms with van der Waals surface area (Å²) < 4.78 is 0. The number of hydrogen-bond acceptors (Lipinski definition) is 3. The quantitative estimate of drug-likeness (QED) is 0.678. The molecule has 16 heavy (non-hydrogen) atoms. The zero-order chi connectivity index (χ0) is 11.6. The monoisotopic (exact) mass is 221 g/mol. The lowest BCUT2D eigenvalue weighted by Gasteiger charge is -2.05. The van der Waals surface area contributed by atoms with Crippen LogP contribution in [0.15, 0.2) is 24.5 Å². The van der Waals surface area contributed by atoms with Gasteiger partial charge in [0.05, 0.1) is 0 Å². The van der Waals surface area contributed by atoms with Crippen molar-refractivity contribution in [3.05, 3.63) is 30.1 Å². The molecule has 4 nitrogen and oxygen atoms in total. The number of aromatic nitrogens is 1. The zero-order valence-electron chi connectivity index (χ0n) is 9.70. The molecule has 0 saturated heterocycles. The lowest BCUT2D eigenvalue weighted by atomic mass is 10.3. The summed E-state index contributed by atoms with van der Waals surface area (Å²) in [5.41, 5.74) is 1.18. The third-order valence-corrected chi connectivity index (χ3v) is 2.23. The first-order valence-corrected chi connectivity index (χ1v) is 5.69. The minimum absolute atomic E-state index is 0.118. The SMILES string of the molecule is CCC(=O)NCCCNCc1cccnc1. The molecule has 1 rings (SSSR count). The molecule has 0 aromatic carbocycles. The van der Waals surface area contributed by atoms with Gasteiger partial charge in [0, 0.05) is 31.9 Å². The Morgan fingerprint density at radius 3 is 3.00 bits per heavy atom. The van der Waals surface area contributed by atoms with Crippen LogP contribution in [-0.4, -0.2) is 24.0 Å². The Bertz CT molecular complexity index is 300. The van der Waals surface area contributed by atoms with Crippen molar-refractivity contribution in [1.82, 2.24) is 15.6 Å². The van der Waals surface area contributed by atoms with Gasteiger partial charge in [-0.25, -0.2) is 0 Å². The van der Waals surface area contributed by atoms with Crippen molar-refractivity contribution in [3.8, 4) is 0 Å². The molecule has 1 aromatic rings. The number of carbonyl (C=O) groups excluding carboxylic acids is 1. The average molecular weight is 221 g/mol. The van der Waals surface area contributed by atoms with Crippen molar-refractivity contribution in [2.24, 2.45) is 0 Å². The van der Waals surface area contributed by atoms with E-state index in [4.69, 9.17) is 0 Å². The van der Waals surface area contributed by atoms with Gasteiger partial charge < -0.3 is 10.6 Å². The summed E-state index contributed by atoms with van der Waals surface area (Å²) in [5, 5.41) is 6.14. The first-order valence-electron chi connectivity index (χ1n) is 5.69. The zero-order valence-corrected chi connectivity index (χ0v) is 9.70. The Labute approximate surface area is 96.5 Å². The molecular weight excluding hydrogens is 202 g/mol. The molecule has 4 heteroatoms. The Morgan fingerprint density at radius 1 is 1.44 bits per heavy atom. The smallest absolute Gasteiger partial charge is 0.219 e. The van der Waals surface area contributed by atoms with Gasteiger partial charge in [-0.2, -0.15) is 0 Å². The van der Waals surface area contributed by atoms with Crippen molar-refractivity contribution in [1.29, 1.82) is 0 Å². The summed E-state index contributed by atoms with van der Waals surface area (Å²) in [4.78, 5) is 15.0. The molecule has 0 spiro atoms. The van der Waals surface area contributed by atoms with E-state index in [1.165, 1.54) is 5.56 Å². The third-order valence-electron chi connectivity index (χ3n) is 2.23. The fraction of sp³-hybridized carbons (Fsp3) is 0.500. The van der Waals surface area contributed by atoms with Crippen LogP contribution in [0, 0.1) is 0 Å². The minimum atomic E-state index is 0.118. The lowest BCUT2D eigenvalue weighted by molar-refractivity contribution is -0.120. The maximum Gasteiger partial charge on any atom is 0.219 e. The second-order valence-corrected chi connectivity index (χ2v) is 3.60. The van der Waals surface area contributed by atoms with Gasteiger partial charge >= 0.3 is 0 Å². The highest BCUT2D eigenvalue weighted by molar-refractivity contribution is 5.75. The van der Waals surface area contributed by atoms with Crippen LogP contribution >= 0.6 is 0 Å². The summed E-state index contributed by atoms with van der Waals surface area (Å²) in [6.45, 7) is 4.33. The van der Waals surface area contributed by atoms with Crippen LogP contribution in [-0.2, 0) is 11.3 Å². The van der Waals surface area contributed by atoms with E-state index in [1.807, 2.05) is 25.3 Å². The van der Waals surface area contributed by atoms with Gasteiger partial charge in [-0.3, -0.25) is 9.78 Å². The van der Waals surface area contributed by atoms with Gasteiger partial charge in [-0.15, -0.1) is 0 Å². The number of carbonyl (C=O) groups is 1. The molecule has 1 aromatic heterocycles. The number of rotatable bonds is 7. The summed E-state index contributed by atoms with van der Waals surface area (Å²) in [5.74, 6) is 0.118. The second-order valence-electron chi connectivity index (χ2n) is 3.60. The predicted octanol–water partition coefficient (Wildman–Crippen LogP) is 1.09. The molecule has 1 heterocycles. The van der Waals surface area contributed by atoms with Gasteiger partial charge in [0.1, 0.15) is 0 Å². The molecule has 0 atom stereocenters.